The van der Waals surface area contributed by atoms with E-state index in [9.17, 15) is 0 Å². The predicted octanol–water partition coefficient (Wildman–Crippen LogP) is 3.23. The van der Waals surface area contributed by atoms with Crippen LogP contribution in [-0.2, 0) is 0 Å². The third-order valence-electron chi connectivity index (χ3n) is 2.55. The van der Waals surface area contributed by atoms with Crippen molar-refractivity contribution < 1.29 is 0 Å². The summed E-state index contributed by atoms with van der Waals surface area (Å²) in [5, 5.41) is 7.75. The van der Waals surface area contributed by atoms with Crippen LogP contribution in [0.25, 0.3) is 0 Å². The number of halogens is 1. The average molecular weight is 288 g/mol. The van der Waals surface area contributed by atoms with Crippen LogP contribution in [0.3, 0.4) is 0 Å². The first kappa shape index (κ1) is 13.7. The molecule has 0 aliphatic rings. The Kier molecular flexibility index (Phi) is 6.06. The van der Waals surface area contributed by atoms with E-state index in [-0.39, 0.29) is 0 Å². The van der Waals surface area contributed by atoms with E-state index >= 15 is 0 Å². The van der Waals surface area contributed by atoms with Crippen molar-refractivity contribution in [2.75, 3.05) is 13.1 Å². The van der Waals surface area contributed by atoms with Gasteiger partial charge in [0.15, 0.2) is 0 Å². The van der Waals surface area contributed by atoms with Gasteiger partial charge in [-0.1, -0.05) is 13.8 Å². The van der Waals surface area contributed by atoms with E-state index in [0.29, 0.717) is 6.04 Å². The van der Waals surface area contributed by atoms with Crippen molar-refractivity contribution in [2.24, 2.45) is 5.92 Å². The number of nitrogens with one attached hydrogen (secondary N) is 1. The molecule has 16 heavy (non-hydrogen) atoms. The predicted molar refractivity (Wildman–Crippen MR) is 71.6 cm³/mol. The van der Waals surface area contributed by atoms with Gasteiger partial charge in [-0.3, -0.25) is 4.68 Å². The van der Waals surface area contributed by atoms with E-state index in [4.69, 9.17) is 0 Å². The summed E-state index contributed by atoms with van der Waals surface area (Å²) >= 11 is 3.41. The molecule has 0 aliphatic carbocycles. The lowest BCUT2D eigenvalue weighted by Gasteiger charge is -2.12. The zero-order valence-electron chi connectivity index (χ0n) is 10.4. The van der Waals surface area contributed by atoms with Gasteiger partial charge in [0.1, 0.15) is 0 Å². The minimum Gasteiger partial charge on any atom is -0.316 e. The maximum absolute atomic E-state index is 4.29. The fourth-order valence-electron chi connectivity index (χ4n) is 1.60. The molecule has 0 spiro atoms. The molecule has 0 aliphatic heterocycles. The molecule has 0 aromatic carbocycles. The highest BCUT2D eigenvalue weighted by Gasteiger charge is 2.05. The van der Waals surface area contributed by atoms with Gasteiger partial charge in [-0.05, 0) is 54.7 Å². The van der Waals surface area contributed by atoms with E-state index < -0.39 is 0 Å². The summed E-state index contributed by atoms with van der Waals surface area (Å²) in [7, 11) is 0. The lowest BCUT2D eigenvalue weighted by molar-refractivity contribution is 0.433. The Morgan fingerprint density at radius 1 is 1.44 bits per heavy atom. The van der Waals surface area contributed by atoms with Gasteiger partial charge in [-0.2, -0.15) is 5.10 Å². The van der Waals surface area contributed by atoms with Crippen LogP contribution < -0.4 is 5.32 Å². The van der Waals surface area contributed by atoms with Gasteiger partial charge in [0.2, 0.25) is 0 Å². The van der Waals surface area contributed by atoms with Gasteiger partial charge >= 0.3 is 0 Å². The molecule has 3 nitrogen and oxygen atoms in total. The Bertz CT molecular complexity index is 296. The fraction of sp³-hybridized carbons (Fsp3) is 0.750. The van der Waals surface area contributed by atoms with Crippen molar-refractivity contribution in [2.45, 2.75) is 39.7 Å². The summed E-state index contributed by atoms with van der Waals surface area (Å²) in [6.45, 7) is 8.89. The smallest absolute Gasteiger partial charge is 0.0632 e. The second-order valence-electron chi connectivity index (χ2n) is 4.73. The molecular formula is C12H22BrN3. The molecule has 92 valence electrons. The SMILES string of the molecule is CC(C)CNCCCC(C)n1cc(Br)cn1. The van der Waals surface area contributed by atoms with Gasteiger partial charge in [-0.25, -0.2) is 0 Å². The summed E-state index contributed by atoms with van der Waals surface area (Å²) in [5.41, 5.74) is 0. The van der Waals surface area contributed by atoms with Crippen LogP contribution in [0.4, 0.5) is 0 Å². The molecule has 1 unspecified atom stereocenters. The molecule has 0 radical (unpaired) electrons. The van der Waals surface area contributed by atoms with Crippen LogP contribution in [0.2, 0.25) is 0 Å². The highest BCUT2D eigenvalue weighted by Crippen LogP contribution is 2.15. The number of rotatable bonds is 7. The zero-order valence-corrected chi connectivity index (χ0v) is 12.0. The highest BCUT2D eigenvalue weighted by molar-refractivity contribution is 9.10. The van der Waals surface area contributed by atoms with Crippen molar-refractivity contribution in [3.8, 4) is 0 Å². The van der Waals surface area contributed by atoms with Crippen LogP contribution >= 0.6 is 15.9 Å². The number of aromatic nitrogens is 2. The molecule has 0 saturated heterocycles. The first-order chi connectivity index (χ1) is 7.59. The number of nitrogens with zero attached hydrogens (tertiary/aromatic N) is 2. The Labute approximate surface area is 107 Å². The Morgan fingerprint density at radius 2 is 2.19 bits per heavy atom. The van der Waals surface area contributed by atoms with Crippen LogP contribution in [0.1, 0.15) is 39.7 Å². The molecule has 1 aromatic heterocycles. The maximum atomic E-state index is 4.29. The van der Waals surface area contributed by atoms with Gasteiger partial charge in [0.25, 0.3) is 0 Å². The summed E-state index contributed by atoms with van der Waals surface area (Å²) in [4.78, 5) is 0. The average Bonchev–Trinajstić information content (AvgIpc) is 2.63. The normalized spacial score (nSPS) is 13.3. The minimum absolute atomic E-state index is 0.479. The molecule has 1 heterocycles. The molecule has 1 aromatic rings. The number of hydrogen-bond donors (Lipinski definition) is 1. The largest absolute Gasteiger partial charge is 0.316 e. The minimum atomic E-state index is 0.479. The van der Waals surface area contributed by atoms with Crippen LogP contribution in [0.5, 0.6) is 0 Å². The lowest BCUT2D eigenvalue weighted by Crippen LogP contribution is -2.21. The third-order valence-corrected chi connectivity index (χ3v) is 2.96. The Morgan fingerprint density at radius 3 is 2.75 bits per heavy atom. The quantitative estimate of drug-likeness (QED) is 0.781. The second kappa shape index (κ2) is 7.07. The molecule has 0 fully saturated rings. The zero-order chi connectivity index (χ0) is 12.0. The third kappa shape index (κ3) is 5.12. The lowest BCUT2D eigenvalue weighted by atomic mass is 10.2. The molecule has 1 N–H and O–H groups in total. The standard InChI is InChI=1S/C12H22BrN3/c1-10(2)7-14-6-4-5-11(3)16-9-12(13)8-15-16/h8-11,14H,4-7H2,1-3H3. The molecule has 1 atom stereocenters. The van der Waals surface area contributed by atoms with Crippen molar-refractivity contribution in [3.63, 3.8) is 0 Å². The Balaban J connectivity index is 2.13. The van der Waals surface area contributed by atoms with E-state index in [1.165, 1.54) is 12.8 Å². The highest BCUT2D eigenvalue weighted by atomic mass is 79.9. The van der Waals surface area contributed by atoms with Crippen molar-refractivity contribution >= 4 is 15.9 Å². The van der Waals surface area contributed by atoms with E-state index in [0.717, 1.165) is 23.5 Å². The van der Waals surface area contributed by atoms with Gasteiger partial charge < -0.3 is 5.32 Å². The monoisotopic (exact) mass is 287 g/mol. The molecule has 0 bridgehead atoms. The van der Waals surface area contributed by atoms with E-state index in [1.54, 1.807) is 0 Å². The molecule has 4 heteroatoms. The van der Waals surface area contributed by atoms with Crippen LogP contribution in [0.15, 0.2) is 16.9 Å². The molecule has 1 rings (SSSR count). The topological polar surface area (TPSA) is 29.9 Å². The van der Waals surface area contributed by atoms with E-state index in [1.807, 2.05) is 17.1 Å². The molecule has 0 amide bonds. The summed E-state index contributed by atoms with van der Waals surface area (Å²) < 4.78 is 3.07. The van der Waals surface area contributed by atoms with Crippen LogP contribution in [0, 0.1) is 5.92 Å². The van der Waals surface area contributed by atoms with Gasteiger partial charge in [0.05, 0.1) is 10.7 Å². The summed E-state index contributed by atoms with van der Waals surface area (Å²) in [6, 6.07) is 0.479. The number of hydrogen-bond acceptors (Lipinski definition) is 2. The maximum Gasteiger partial charge on any atom is 0.0632 e. The van der Waals surface area contributed by atoms with Gasteiger partial charge in [0, 0.05) is 12.2 Å². The fourth-order valence-corrected chi connectivity index (χ4v) is 1.90. The summed E-state index contributed by atoms with van der Waals surface area (Å²) in [6.07, 6.45) is 6.24. The Hall–Kier alpha value is -0.350. The second-order valence-corrected chi connectivity index (χ2v) is 5.64. The van der Waals surface area contributed by atoms with Crippen molar-refractivity contribution in [3.05, 3.63) is 16.9 Å². The van der Waals surface area contributed by atoms with Crippen LogP contribution in [-0.4, -0.2) is 22.9 Å². The first-order valence-corrected chi connectivity index (χ1v) is 6.79. The van der Waals surface area contributed by atoms with Crippen molar-refractivity contribution in [1.29, 1.82) is 0 Å². The van der Waals surface area contributed by atoms with Crippen molar-refractivity contribution in [1.82, 2.24) is 15.1 Å². The molecular weight excluding hydrogens is 266 g/mol. The van der Waals surface area contributed by atoms with E-state index in [2.05, 4.69) is 47.1 Å². The molecule has 0 saturated carbocycles. The first-order valence-electron chi connectivity index (χ1n) is 6.00. The summed E-state index contributed by atoms with van der Waals surface area (Å²) in [5.74, 6) is 0.736. The van der Waals surface area contributed by atoms with Gasteiger partial charge in [-0.15, -0.1) is 0 Å².